The minimum atomic E-state index is -4.37. The Balaban J connectivity index is 1.66. The molecular formula is C24H18F4O3. The summed E-state index contributed by atoms with van der Waals surface area (Å²) in [7, 11) is 0. The van der Waals surface area contributed by atoms with E-state index in [2.05, 4.69) is 0 Å². The highest BCUT2D eigenvalue weighted by Crippen LogP contribution is 2.30. The lowest BCUT2D eigenvalue weighted by molar-refractivity contribution is -0.138. The van der Waals surface area contributed by atoms with Crippen molar-refractivity contribution in [3.63, 3.8) is 0 Å². The smallest absolute Gasteiger partial charge is 0.416 e. The van der Waals surface area contributed by atoms with Crippen LogP contribution in [0, 0.1) is 5.82 Å². The SMILES string of the molecule is O=C(O)Cc1cccc(-c2cccc(OCC=Cc3ccc(C(F)(F)F)cc3)c2)c1F. The fourth-order valence-electron chi connectivity index (χ4n) is 2.97. The molecule has 0 spiro atoms. The van der Waals surface area contributed by atoms with Crippen LogP contribution in [-0.2, 0) is 17.4 Å². The Morgan fingerprint density at radius 1 is 1.00 bits per heavy atom. The van der Waals surface area contributed by atoms with E-state index in [-0.39, 0.29) is 17.7 Å². The summed E-state index contributed by atoms with van der Waals surface area (Å²) in [5.41, 5.74) is 0.786. The molecule has 0 unspecified atom stereocenters. The van der Waals surface area contributed by atoms with Crippen molar-refractivity contribution in [2.24, 2.45) is 0 Å². The van der Waals surface area contributed by atoms with Crippen LogP contribution in [0.15, 0.2) is 72.8 Å². The van der Waals surface area contributed by atoms with Crippen molar-refractivity contribution in [3.05, 3.63) is 95.3 Å². The number of carboxylic acid groups (broad SMARTS) is 1. The summed E-state index contributed by atoms with van der Waals surface area (Å²) in [5, 5.41) is 8.91. The fraction of sp³-hybridized carbons (Fsp3) is 0.125. The van der Waals surface area contributed by atoms with Gasteiger partial charge in [0.15, 0.2) is 0 Å². The molecule has 3 aromatic rings. The molecule has 0 aliphatic carbocycles. The van der Waals surface area contributed by atoms with E-state index in [0.29, 0.717) is 16.9 Å². The molecule has 0 saturated heterocycles. The average Bonchev–Trinajstić information content (AvgIpc) is 2.72. The van der Waals surface area contributed by atoms with Crippen molar-refractivity contribution in [3.8, 4) is 16.9 Å². The lowest BCUT2D eigenvalue weighted by Crippen LogP contribution is -2.04. The van der Waals surface area contributed by atoms with Crippen LogP contribution in [0.25, 0.3) is 17.2 Å². The molecule has 0 heterocycles. The van der Waals surface area contributed by atoms with E-state index < -0.39 is 29.9 Å². The zero-order valence-corrected chi connectivity index (χ0v) is 16.2. The second kappa shape index (κ2) is 9.47. The number of ether oxygens (including phenoxy) is 1. The number of halogens is 4. The number of benzene rings is 3. The standard InChI is InChI=1S/C24H18F4O3/c25-23-18(15-22(29)30)6-2-8-21(23)17-5-1-7-20(14-17)31-13-3-4-16-9-11-19(12-10-16)24(26,27)28/h1-12,14H,13,15H2,(H,29,30). The third-order valence-electron chi connectivity index (χ3n) is 4.46. The van der Waals surface area contributed by atoms with E-state index in [9.17, 15) is 22.4 Å². The van der Waals surface area contributed by atoms with Crippen molar-refractivity contribution in [2.75, 3.05) is 6.61 Å². The molecule has 0 atom stereocenters. The lowest BCUT2D eigenvalue weighted by Gasteiger charge is -2.09. The minimum absolute atomic E-state index is 0.0933. The van der Waals surface area contributed by atoms with Gasteiger partial charge in [-0.1, -0.05) is 48.5 Å². The first-order chi connectivity index (χ1) is 14.7. The fourth-order valence-corrected chi connectivity index (χ4v) is 2.97. The molecule has 3 rings (SSSR count). The first-order valence-electron chi connectivity index (χ1n) is 9.30. The summed E-state index contributed by atoms with van der Waals surface area (Å²) in [6, 6.07) is 16.0. The second-order valence-corrected chi connectivity index (χ2v) is 6.71. The number of rotatable bonds is 7. The van der Waals surface area contributed by atoms with E-state index in [0.717, 1.165) is 12.1 Å². The molecule has 0 aliphatic rings. The number of carboxylic acids is 1. The van der Waals surface area contributed by atoms with Gasteiger partial charge in [-0.15, -0.1) is 0 Å². The van der Waals surface area contributed by atoms with E-state index >= 15 is 0 Å². The Labute approximate surface area is 176 Å². The molecule has 3 aromatic carbocycles. The van der Waals surface area contributed by atoms with Crippen LogP contribution in [0.2, 0.25) is 0 Å². The number of hydrogen-bond acceptors (Lipinski definition) is 2. The molecule has 0 radical (unpaired) electrons. The van der Waals surface area contributed by atoms with E-state index in [1.165, 1.54) is 18.2 Å². The highest BCUT2D eigenvalue weighted by molar-refractivity contribution is 5.73. The van der Waals surface area contributed by atoms with E-state index in [1.54, 1.807) is 48.6 Å². The van der Waals surface area contributed by atoms with Crippen molar-refractivity contribution in [2.45, 2.75) is 12.6 Å². The van der Waals surface area contributed by atoms with Gasteiger partial charge in [0.25, 0.3) is 0 Å². The van der Waals surface area contributed by atoms with Crippen LogP contribution in [0.4, 0.5) is 17.6 Å². The zero-order valence-electron chi connectivity index (χ0n) is 16.2. The van der Waals surface area contributed by atoms with Gasteiger partial charge in [-0.25, -0.2) is 4.39 Å². The Hall–Kier alpha value is -3.61. The van der Waals surface area contributed by atoms with Crippen molar-refractivity contribution in [1.29, 1.82) is 0 Å². The maximum Gasteiger partial charge on any atom is 0.416 e. The van der Waals surface area contributed by atoms with Gasteiger partial charge in [-0.05, 0) is 47.0 Å². The van der Waals surface area contributed by atoms with Crippen LogP contribution in [-0.4, -0.2) is 17.7 Å². The first-order valence-corrected chi connectivity index (χ1v) is 9.30. The Morgan fingerprint density at radius 3 is 2.39 bits per heavy atom. The molecule has 0 amide bonds. The molecule has 0 aromatic heterocycles. The van der Waals surface area contributed by atoms with Crippen molar-refractivity contribution in [1.82, 2.24) is 0 Å². The molecule has 31 heavy (non-hydrogen) atoms. The third-order valence-corrected chi connectivity index (χ3v) is 4.46. The van der Waals surface area contributed by atoms with Crippen LogP contribution in [0.1, 0.15) is 16.7 Å². The van der Waals surface area contributed by atoms with Gasteiger partial charge < -0.3 is 9.84 Å². The summed E-state index contributed by atoms with van der Waals surface area (Å²) >= 11 is 0. The molecule has 3 nitrogen and oxygen atoms in total. The van der Waals surface area contributed by atoms with Gasteiger partial charge in [-0.3, -0.25) is 4.79 Å². The monoisotopic (exact) mass is 430 g/mol. The van der Waals surface area contributed by atoms with Gasteiger partial charge in [0, 0.05) is 5.56 Å². The minimum Gasteiger partial charge on any atom is -0.490 e. The third kappa shape index (κ3) is 5.94. The maximum absolute atomic E-state index is 14.7. The molecule has 1 N–H and O–H groups in total. The van der Waals surface area contributed by atoms with Gasteiger partial charge >= 0.3 is 12.1 Å². The number of hydrogen-bond donors (Lipinski definition) is 1. The quantitative estimate of drug-likeness (QED) is 0.452. The summed E-state index contributed by atoms with van der Waals surface area (Å²) in [4.78, 5) is 10.9. The number of carbonyl (C=O) groups is 1. The summed E-state index contributed by atoms with van der Waals surface area (Å²) in [5.74, 6) is -1.24. The van der Waals surface area contributed by atoms with Gasteiger partial charge in [0.1, 0.15) is 18.2 Å². The average molecular weight is 430 g/mol. The highest BCUT2D eigenvalue weighted by atomic mass is 19.4. The summed E-state index contributed by atoms with van der Waals surface area (Å²) in [6.07, 6.45) is -1.49. The molecule has 160 valence electrons. The molecule has 0 fully saturated rings. The van der Waals surface area contributed by atoms with Crippen LogP contribution >= 0.6 is 0 Å². The largest absolute Gasteiger partial charge is 0.490 e. The van der Waals surface area contributed by atoms with Crippen LogP contribution in [0.3, 0.4) is 0 Å². The zero-order chi connectivity index (χ0) is 22.4. The van der Waals surface area contributed by atoms with Crippen molar-refractivity contribution >= 4 is 12.0 Å². The lowest BCUT2D eigenvalue weighted by atomic mass is 10.0. The predicted molar refractivity (Wildman–Crippen MR) is 109 cm³/mol. The van der Waals surface area contributed by atoms with E-state index in [4.69, 9.17) is 9.84 Å². The van der Waals surface area contributed by atoms with Crippen molar-refractivity contribution < 1.29 is 32.2 Å². The van der Waals surface area contributed by atoms with Crippen LogP contribution < -0.4 is 4.74 Å². The van der Waals surface area contributed by atoms with Gasteiger partial charge in [-0.2, -0.15) is 13.2 Å². The molecule has 0 bridgehead atoms. The van der Waals surface area contributed by atoms with Gasteiger partial charge in [0.05, 0.1) is 12.0 Å². The second-order valence-electron chi connectivity index (χ2n) is 6.71. The van der Waals surface area contributed by atoms with Gasteiger partial charge in [0.2, 0.25) is 0 Å². The first kappa shape index (κ1) is 22.1. The summed E-state index contributed by atoms with van der Waals surface area (Å²) < 4.78 is 58.0. The normalized spacial score (nSPS) is 11.6. The molecule has 0 saturated carbocycles. The van der Waals surface area contributed by atoms with Crippen LogP contribution in [0.5, 0.6) is 5.75 Å². The Bertz CT molecular complexity index is 1090. The number of aliphatic carboxylic acids is 1. The van der Waals surface area contributed by atoms with E-state index in [1.807, 2.05) is 0 Å². The predicted octanol–water partition coefficient (Wildman–Crippen LogP) is 6.23. The summed E-state index contributed by atoms with van der Waals surface area (Å²) in [6.45, 7) is 0.159. The molecular weight excluding hydrogens is 412 g/mol. The number of alkyl halides is 3. The molecule has 0 aliphatic heterocycles. The topological polar surface area (TPSA) is 46.5 Å². The highest BCUT2D eigenvalue weighted by Gasteiger charge is 2.29. The maximum atomic E-state index is 14.7. The Kier molecular flexibility index (Phi) is 6.74. The molecule has 7 heteroatoms. The Morgan fingerprint density at radius 2 is 1.71 bits per heavy atom.